The smallest absolute Gasteiger partial charge is 0.236 e. The molecule has 1 aromatic heterocycles. The number of amides is 1. The number of thioether (sulfide) groups is 1. The minimum Gasteiger partial charge on any atom is -0.338 e. The first-order valence-corrected chi connectivity index (χ1v) is 11.1. The van der Waals surface area contributed by atoms with Crippen LogP contribution >= 0.6 is 11.8 Å². The summed E-state index contributed by atoms with van der Waals surface area (Å²) in [6.07, 6.45) is 0.531. The number of benzene rings is 1. The Morgan fingerprint density at radius 3 is 2.88 bits per heavy atom. The van der Waals surface area contributed by atoms with Crippen LogP contribution in [0.2, 0.25) is 0 Å². The van der Waals surface area contributed by atoms with Crippen molar-refractivity contribution in [3.05, 3.63) is 23.8 Å². The molecule has 2 atom stereocenters. The molecule has 1 aliphatic rings. The summed E-state index contributed by atoms with van der Waals surface area (Å²) in [4.78, 5) is 22.3. The van der Waals surface area contributed by atoms with Crippen LogP contribution in [0.5, 0.6) is 0 Å². The lowest BCUT2D eigenvalue weighted by atomic mass is 10.2. The van der Waals surface area contributed by atoms with Gasteiger partial charge in [0.1, 0.15) is 0 Å². The summed E-state index contributed by atoms with van der Waals surface area (Å²) in [6.45, 7) is 6.28. The number of carbonyl (C=O) groups excluding carboxylic acids is 1. The first kappa shape index (κ1) is 18.3. The number of H-pyrrole nitrogens is 1. The number of aromatic amines is 1. The lowest BCUT2D eigenvalue weighted by Crippen LogP contribution is -2.44. The molecule has 0 radical (unpaired) electrons. The predicted molar refractivity (Wildman–Crippen MR) is 101 cm³/mol. The molecule has 1 amide bonds. The molecule has 136 valence electrons. The van der Waals surface area contributed by atoms with Crippen molar-refractivity contribution in [1.29, 1.82) is 0 Å². The largest absolute Gasteiger partial charge is 0.338 e. The Labute approximate surface area is 152 Å². The van der Waals surface area contributed by atoms with E-state index in [4.69, 9.17) is 0 Å². The van der Waals surface area contributed by atoms with Crippen molar-refractivity contribution in [1.82, 2.24) is 14.9 Å². The number of sulfone groups is 1. The zero-order valence-corrected chi connectivity index (χ0v) is 16.3. The molecule has 0 spiro atoms. The fourth-order valence-electron chi connectivity index (χ4n) is 3.22. The SMILES string of the molecule is CCN(C(=O)[C@H](C)Sc1nc2ccc(C)cc2[nH]1)[C@H]1CCS(=O)(=O)C1. The number of nitrogens with zero attached hydrogens (tertiary/aromatic N) is 2. The van der Waals surface area contributed by atoms with Gasteiger partial charge >= 0.3 is 0 Å². The molecule has 0 bridgehead atoms. The van der Waals surface area contributed by atoms with Crippen LogP contribution in [-0.4, -0.2) is 58.5 Å². The van der Waals surface area contributed by atoms with Crippen molar-refractivity contribution >= 4 is 38.5 Å². The predicted octanol–water partition coefficient (Wildman–Crippen LogP) is 2.39. The van der Waals surface area contributed by atoms with Crippen LogP contribution in [-0.2, 0) is 14.6 Å². The molecule has 0 aliphatic carbocycles. The quantitative estimate of drug-likeness (QED) is 0.804. The third kappa shape index (κ3) is 4.00. The van der Waals surface area contributed by atoms with E-state index < -0.39 is 9.84 Å². The second-order valence-corrected chi connectivity index (χ2v) is 10.1. The van der Waals surface area contributed by atoms with Gasteiger partial charge in [-0.3, -0.25) is 4.79 Å². The lowest BCUT2D eigenvalue weighted by Gasteiger charge is -2.29. The van der Waals surface area contributed by atoms with Crippen LogP contribution in [0.15, 0.2) is 23.4 Å². The van der Waals surface area contributed by atoms with Gasteiger partial charge in [0, 0.05) is 12.6 Å². The second-order valence-electron chi connectivity index (χ2n) is 6.50. The van der Waals surface area contributed by atoms with Gasteiger partial charge in [-0.05, 0) is 44.9 Å². The first-order chi connectivity index (χ1) is 11.8. The molecule has 1 aliphatic heterocycles. The zero-order valence-electron chi connectivity index (χ0n) is 14.7. The zero-order chi connectivity index (χ0) is 18.2. The van der Waals surface area contributed by atoms with Gasteiger partial charge in [0.25, 0.3) is 0 Å². The van der Waals surface area contributed by atoms with Crippen LogP contribution in [0.1, 0.15) is 25.8 Å². The van der Waals surface area contributed by atoms with Gasteiger partial charge in [-0.2, -0.15) is 0 Å². The van der Waals surface area contributed by atoms with E-state index in [0.29, 0.717) is 18.1 Å². The molecule has 2 heterocycles. The van der Waals surface area contributed by atoms with E-state index in [9.17, 15) is 13.2 Å². The number of carbonyl (C=O) groups is 1. The molecule has 8 heteroatoms. The van der Waals surface area contributed by atoms with E-state index >= 15 is 0 Å². The Morgan fingerprint density at radius 2 is 2.24 bits per heavy atom. The van der Waals surface area contributed by atoms with Crippen LogP contribution in [0.3, 0.4) is 0 Å². The highest BCUT2D eigenvalue weighted by Gasteiger charge is 2.35. The number of hydrogen-bond acceptors (Lipinski definition) is 5. The van der Waals surface area contributed by atoms with Gasteiger partial charge in [-0.1, -0.05) is 17.8 Å². The summed E-state index contributed by atoms with van der Waals surface area (Å²) in [5.74, 6) is 0.214. The highest BCUT2D eigenvalue weighted by atomic mass is 32.2. The van der Waals surface area contributed by atoms with Crippen molar-refractivity contribution in [3.8, 4) is 0 Å². The third-order valence-corrected chi connectivity index (χ3v) is 7.25. The van der Waals surface area contributed by atoms with E-state index in [2.05, 4.69) is 9.97 Å². The van der Waals surface area contributed by atoms with Crippen LogP contribution < -0.4 is 0 Å². The summed E-state index contributed by atoms with van der Waals surface area (Å²) in [7, 11) is -3.01. The monoisotopic (exact) mass is 381 g/mol. The molecule has 3 rings (SSSR count). The lowest BCUT2D eigenvalue weighted by molar-refractivity contribution is -0.131. The number of aryl methyl sites for hydroxylation is 1. The normalized spacial score (nSPS) is 20.7. The minimum absolute atomic E-state index is 0.0359. The van der Waals surface area contributed by atoms with E-state index in [-0.39, 0.29) is 28.7 Å². The fourth-order valence-corrected chi connectivity index (χ4v) is 5.84. The Bertz CT molecular complexity index is 892. The van der Waals surface area contributed by atoms with Gasteiger partial charge in [-0.25, -0.2) is 13.4 Å². The number of fused-ring (bicyclic) bond motifs is 1. The van der Waals surface area contributed by atoms with E-state index in [1.54, 1.807) is 4.90 Å². The molecule has 2 aromatic rings. The molecule has 1 aromatic carbocycles. The first-order valence-electron chi connectivity index (χ1n) is 8.43. The van der Waals surface area contributed by atoms with Crippen molar-refractivity contribution < 1.29 is 13.2 Å². The number of nitrogens with one attached hydrogen (secondary N) is 1. The number of aromatic nitrogens is 2. The Kier molecular flexibility index (Phi) is 5.11. The van der Waals surface area contributed by atoms with Gasteiger partial charge in [-0.15, -0.1) is 0 Å². The fraction of sp³-hybridized carbons (Fsp3) is 0.529. The highest BCUT2D eigenvalue weighted by Crippen LogP contribution is 2.27. The standard InChI is InChI=1S/C17H23N3O3S2/c1-4-20(13-7-8-25(22,23)10-13)16(21)12(3)24-17-18-14-6-5-11(2)9-15(14)19-17/h5-6,9,12-13H,4,7-8,10H2,1-3H3,(H,18,19)/t12-,13-/m0/s1. The minimum atomic E-state index is -3.01. The van der Waals surface area contributed by atoms with Gasteiger partial charge < -0.3 is 9.88 Å². The van der Waals surface area contributed by atoms with Crippen LogP contribution in [0.4, 0.5) is 0 Å². The molecule has 0 unspecified atom stereocenters. The molecule has 1 saturated heterocycles. The molecule has 6 nitrogen and oxygen atoms in total. The number of rotatable bonds is 5. The number of imidazole rings is 1. The van der Waals surface area contributed by atoms with Crippen molar-refractivity contribution in [2.75, 3.05) is 18.1 Å². The van der Waals surface area contributed by atoms with Gasteiger partial charge in [0.15, 0.2) is 15.0 Å². The van der Waals surface area contributed by atoms with E-state index in [0.717, 1.165) is 16.6 Å². The van der Waals surface area contributed by atoms with Crippen LogP contribution in [0.25, 0.3) is 11.0 Å². The summed E-state index contributed by atoms with van der Waals surface area (Å²) < 4.78 is 23.4. The molecule has 1 fully saturated rings. The molecular formula is C17H23N3O3S2. The Morgan fingerprint density at radius 1 is 1.48 bits per heavy atom. The topological polar surface area (TPSA) is 83.1 Å². The average Bonchev–Trinajstić information content (AvgIpc) is 3.09. The van der Waals surface area contributed by atoms with Crippen molar-refractivity contribution in [2.24, 2.45) is 0 Å². The highest BCUT2D eigenvalue weighted by molar-refractivity contribution is 8.00. The maximum Gasteiger partial charge on any atom is 0.236 e. The van der Waals surface area contributed by atoms with Gasteiger partial charge in [0.2, 0.25) is 5.91 Å². The third-order valence-electron chi connectivity index (χ3n) is 4.52. The maximum atomic E-state index is 12.8. The molecular weight excluding hydrogens is 358 g/mol. The summed E-state index contributed by atoms with van der Waals surface area (Å²) >= 11 is 1.38. The number of hydrogen-bond donors (Lipinski definition) is 1. The summed E-state index contributed by atoms with van der Waals surface area (Å²) in [5, 5.41) is 0.376. The summed E-state index contributed by atoms with van der Waals surface area (Å²) in [6, 6.07) is 5.79. The second kappa shape index (κ2) is 6.99. The van der Waals surface area contributed by atoms with Crippen molar-refractivity contribution in [2.45, 2.75) is 43.6 Å². The molecule has 0 saturated carbocycles. The van der Waals surface area contributed by atoms with Gasteiger partial charge in [0.05, 0.1) is 27.8 Å². The van der Waals surface area contributed by atoms with Crippen molar-refractivity contribution in [3.63, 3.8) is 0 Å². The Balaban J connectivity index is 1.72. The van der Waals surface area contributed by atoms with E-state index in [1.165, 1.54) is 11.8 Å². The molecule has 1 N–H and O–H groups in total. The maximum absolute atomic E-state index is 12.8. The Hall–Kier alpha value is -1.54. The average molecular weight is 382 g/mol. The summed E-state index contributed by atoms with van der Waals surface area (Å²) in [5.41, 5.74) is 2.98. The molecule has 25 heavy (non-hydrogen) atoms. The van der Waals surface area contributed by atoms with E-state index in [1.807, 2.05) is 39.0 Å². The van der Waals surface area contributed by atoms with Crippen LogP contribution in [0, 0.1) is 6.92 Å².